The summed E-state index contributed by atoms with van der Waals surface area (Å²) in [6.07, 6.45) is 0.592. The molecule has 0 radical (unpaired) electrons. The topological polar surface area (TPSA) is 49.8 Å². The van der Waals surface area contributed by atoms with E-state index >= 15 is 0 Å². The maximum atomic E-state index is 12.5. The molecule has 0 aromatic rings. The summed E-state index contributed by atoms with van der Waals surface area (Å²) >= 11 is 0. The summed E-state index contributed by atoms with van der Waals surface area (Å²) in [6, 6.07) is -0.482. The summed E-state index contributed by atoms with van der Waals surface area (Å²) in [7, 11) is 0. The van der Waals surface area contributed by atoms with Gasteiger partial charge in [-0.25, -0.2) is 4.39 Å². The molecule has 0 aliphatic carbocycles. The Morgan fingerprint density at radius 3 is 2.93 bits per heavy atom. The zero-order valence-corrected chi connectivity index (χ0v) is 9.15. The van der Waals surface area contributed by atoms with Gasteiger partial charge in [-0.05, 0) is 13.8 Å². The fraction of sp³-hybridized carbons (Fsp3) is 0.900. The highest BCUT2D eigenvalue weighted by atomic mass is 19.1. The number of hydrogen-bond donors (Lipinski definition) is 1. The number of ether oxygens (including phenoxy) is 1. The Morgan fingerprint density at radius 1 is 1.80 bits per heavy atom. The lowest BCUT2D eigenvalue weighted by Gasteiger charge is -2.43. The number of hydrogen-bond acceptors (Lipinski definition) is 3. The van der Waals surface area contributed by atoms with E-state index < -0.39 is 24.4 Å². The Morgan fingerprint density at radius 2 is 2.47 bits per heavy atom. The highest BCUT2D eigenvalue weighted by Gasteiger charge is 2.37. The van der Waals surface area contributed by atoms with Crippen molar-refractivity contribution in [2.45, 2.75) is 38.0 Å². The molecule has 1 amide bonds. The van der Waals surface area contributed by atoms with Crippen LogP contribution in [-0.2, 0) is 9.53 Å². The highest BCUT2D eigenvalue weighted by Crippen LogP contribution is 2.25. The number of rotatable bonds is 4. The molecule has 3 atom stereocenters. The van der Waals surface area contributed by atoms with Crippen molar-refractivity contribution in [3.63, 3.8) is 0 Å². The van der Waals surface area contributed by atoms with E-state index in [0.717, 1.165) is 0 Å². The van der Waals surface area contributed by atoms with Gasteiger partial charge in [0.1, 0.15) is 6.67 Å². The van der Waals surface area contributed by atoms with Gasteiger partial charge in [-0.2, -0.15) is 0 Å². The van der Waals surface area contributed by atoms with Crippen LogP contribution in [0.5, 0.6) is 0 Å². The molecule has 0 bridgehead atoms. The van der Waals surface area contributed by atoms with Crippen molar-refractivity contribution in [3.8, 4) is 0 Å². The predicted molar refractivity (Wildman–Crippen MR) is 53.2 cm³/mol. The molecule has 0 aromatic carbocycles. The van der Waals surface area contributed by atoms with Crippen molar-refractivity contribution in [1.82, 2.24) is 4.90 Å². The molecule has 1 fully saturated rings. The first kappa shape index (κ1) is 12.4. The quantitative estimate of drug-likeness (QED) is 0.694. The Labute approximate surface area is 89.0 Å². The number of alkyl halides is 1. The number of carbonyl (C=O) groups is 1. The minimum atomic E-state index is -0.594. The first-order chi connectivity index (χ1) is 7.00. The van der Waals surface area contributed by atoms with Crippen LogP contribution in [0.15, 0.2) is 0 Å². The van der Waals surface area contributed by atoms with Gasteiger partial charge < -0.3 is 14.7 Å². The third-order valence-electron chi connectivity index (χ3n) is 2.65. The Bertz CT molecular complexity index is 225. The second-order valence-corrected chi connectivity index (χ2v) is 4.40. The average molecular weight is 219 g/mol. The average Bonchev–Trinajstić information content (AvgIpc) is 2.16. The Hall–Kier alpha value is -0.680. The third-order valence-corrected chi connectivity index (χ3v) is 2.65. The Kier molecular flexibility index (Phi) is 4.04. The predicted octanol–water partition coefficient (Wildman–Crippen LogP) is 0.343. The van der Waals surface area contributed by atoms with Crippen molar-refractivity contribution in [3.05, 3.63) is 0 Å². The van der Waals surface area contributed by atoms with Crippen molar-refractivity contribution in [1.29, 1.82) is 0 Å². The molecule has 15 heavy (non-hydrogen) atoms. The molecule has 1 rings (SSSR count). The lowest BCUT2D eigenvalue weighted by Crippen LogP contribution is -2.56. The molecule has 3 unspecified atom stereocenters. The van der Waals surface area contributed by atoms with Gasteiger partial charge in [-0.15, -0.1) is 0 Å². The number of halogens is 1. The van der Waals surface area contributed by atoms with E-state index in [9.17, 15) is 14.3 Å². The van der Waals surface area contributed by atoms with Gasteiger partial charge in [0.2, 0.25) is 6.41 Å². The zero-order chi connectivity index (χ0) is 11.5. The van der Waals surface area contributed by atoms with Gasteiger partial charge in [0, 0.05) is 13.0 Å². The Balaban J connectivity index is 2.62. The molecule has 0 aromatic heterocycles. The highest BCUT2D eigenvalue weighted by molar-refractivity contribution is 5.48. The standard InChI is InChI=1S/C10H18FNO3/c1-8(14)3-10(2)6-12(7-13)9(4-11)5-15-10/h7-9,14H,3-6H2,1-2H3. The van der Waals surface area contributed by atoms with E-state index in [2.05, 4.69) is 0 Å². The van der Waals surface area contributed by atoms with Crippen LogP contribution in [-0.4, -0.2) is 54.0 Å². The van der Waals surface area contributed by atoms with Crippen molar-refractivity contribution in [2.75, 3.05) is 19.8 Å². The molecule has 1 aliphatic heterocycles. The molecule has 4 nitrogen and oxygen atoms in total. The maximum absolute atomic E-state index is 12.5. The maximum Gasteiger partial charge on any atom is 0.210 e. The van der Waals surface area contributed by atoms with Crippen LogP contribution in [0.3, 0.4) is 0 Å². The van der Waals surface area contributed by atoms with E-state index in [-0.39, 0.29) is 6.61 Å². The first-order valence-corrected chi connectivity index (χ1v) is 5.10. The van der Waals surface area contributed by atoms with Crippen LogP contribution >= 0.6 is 0 Å². The summed E-state index contributed by atoms with van der Waals surface area (Å²) < 4.78 is 18.0. The molecule has 1 aliphatic rings. The molecular weight excluding hydrogens is 201 g/mol. The third kappa shape index (κ3) is 3.14. The number of nitrogens with zero attached hydrogens (tertiary/aromatic N) is 1. The number of carbonyl (C=O) groups excluding carboxylic acids is 1. The van der Waals surface area contributed by atoms with E-state index in [4.69, 9.17) is 4.74 Å². The summed E-state index contributed by atoms with van der Waals surface area (Å²) in [5.41, 5.74) is -0.569. The van der Waals surface area contributed by atoms with Crippen molar-refractivity contribution < 1.29 is 19.0 Å². The van der Waals surface area contributed by atoms with Gasteiger partial charge in [-0.3, -0.25) is 4.79 Å². The molecule has 88 valence electrons. The molecule has 0 saturated carbocycles. The van der Waals surface area contributed by atoms with E-state index in [1.165, 1.54) is 4.90 Å². The lowest BCUT2D eigenvalue weighted by molar-refractivity contribution is -0.155. The second kappa shape index (κ2) is 4.90. The lowest BCUT2D eigenvalue weighted by atomic mass is 9.95. The fourth-order valence-corrected chi connectivity index (χ4v) is 1.96. The van der Waals surface area contributed by atoms with Gasteiger partial charge in [0.05, 0.1) is 24.4 Å². The summed E-state index contributed by atoms with van der Waals surface area (Å²) in [5.74, 6) is 0. The normalized spacial score (nSPS) is 33.9. The molecular formula is C10H18FNO3. The van der Waals surface area contributed by atoms with E-state index in [1.807, 2.05) is 6.92 Å². The summed E-state index contributed by atoms with van der Waals surface area (Å²) in [4.78, 5) is 12.2. The number of amides is 1. The van der Waals surface area contributed by atoms with Crippen LogP contribution in [0.2, 0.25) is 0 Å². The van der Waals surface area contributed by atoms with E-state index in [1.54, 1.807) is 6.92 Å². The minimum Gasteiger partial charge on any atom is -0.393 e. The van der Waals surface area contributed by atoms with Gasteiger partial charge in [-0.1, -0.05) is 0 Å². The zero-order valence-electron chi connectivity index (χ0n) is 9.15. The van der Waals surface area contributed by atoms with Gasteiger partial charge in [0.15, 0.2) is 0 Å². The van der Waals surface area contributed by atoms with Crippen LogP contribution in [0.1, 0.15) is 20.3 Å². The largest absolute Gasteiger partial charge is 0.393 e. The van der Waals surface area contributed by atoms with Crippen LogP contribution in [0.25, 0.3) is 0 Å². The second-order valence-electron chi connectivity index (χ2n) is 4.40. The summed E-state index contributed by atoms with van der Waals surface area (Å²) in [5, 5.41) is 9.29. The monoisotopic (exact) mass is 219 g/mol. The molecule has 1 heterocycles. The van der Waals surface area contributed by atoms with Crippen molar-refractivity contribution >= 4 is 6.41 Å². The minimum absolute atomic E-state index is 0.193. The van der Waals surface area contributed by atoms with Crippen LogP contribution < -0.4 is 0 Å². The number of aliphatic hydroxyl groups is 1. The molecule has 1 saturated heterocycles. The number of aliphatic hydroxyl groups excluding tert-OH is 1. The van der Waals surface area contributed by atoms with Crippen molar-refractivity contribution in [2.24, 2.45) is 0 Å². The molecule has 1 N–H and O–H groups in total. The van der Waals surface area contributed by atoms with Gasteiger partial charge in [0.25, 0.3) is 0 Å². The summed E-state index contributed by atoms with van der Waals surface area (Å²) in [6.45, 7) is 3.42. The van der Waals surface area contributed by atoms with Crippen LogP contribution in [0.4, 0.5) is 4.39 Å². The molecule has 0 spiro atoms. The van der Waals surface area contributed by atoms with E-state index in [0.29, 0.717) is 19.4 Å². The SMILES string of the molecule is CC(O)CC1(C)CN(C=O)C(CF)CO1. The number of morpholine rings is 1. The smallest absolute Gasteiger partial charge is 0.210 e. The first-order valence-electron chi connectivity index (χ1n) is 5.10. The van der Waals surface area contributed by atoms with Gasteiger partial charge >= 0.3 is 0 Å². The van der Waals surface area contributed by atoms with Crippen LogP contribution in [0, 0.1) is 0 Å². The molecule has 5 heteroatoms. The fourth-order valence-electron chi connectivity index (χ4n) is 1.96.